The van der Waals surface area contributed by atoms with Crippen molar-refractivity contribution in [1.82, 2.24) is 0 Å². The molecule has 1 aromatic rings. The molecule has 2 rings (SSSR count). The van der Waals surface area contributed by atoms with Crippen molar-refractivity contribution in [3.63, 3.8) is 0 Å². The predicted molar refractivity (Wildman–Crippen MR) is 67.7 cm³/mol. The molecule has 15 heavy (non-hydrogen) atoms. The van der Waals surface area contributed by atoms with Gasteiger partial charge in [0.2, 0.25) is 0 Å². The van der Waals surface area contributed by atoms with Crippen LogP contribution in [0.5, 0.6) is 5.75 Å². The average molecular weight is 219 g/mol. The normalized spacial score (nSPS) is 19.1. The summed E-state index contributed by atoms with van der Waals surface area (Å²) in [5.41, 5.74) is 2.12. The van der Waals surface area contributed by atoms with E-state index in [1.54, 1.807) is 5.37 Å². The minimum absolute atomic E-state index is 0.133. The first-order chi connectivity index (χ1) is 7.35. The second kappa shape index (κ2) is 4.45. The first-order valence-electron chi connectivity index (χ1n) is 4.95. The fraction of sp³-hybridized carbons (Fsp3) is 0.250. The Kier molecular flexibility index (Phi) is 3.02. The van der Waals surface area contributed by atoms with Crippen LogP contribution in [0.3, 0.4) is 0 Å². The summed E-state index contributed by atoms with van der Waals surface area (Å²) in [4.78, 5) is 0. The number of benzene rings is 1. The molecule has 0 aromatic heterocycles. The Bertz CT molecular complexity index is 401. The summed E-state index contributed by atoms with van der Waals surface area (Å²) in [5.74, 6) is 0.920. The third-order valence-corrected chi connectivity index (χ3v) is 2.63. The second-order valence-electron chi connectivity index (χ2n) is 3.42. The van der Waals surface area contributed by atoms with Crippen molar-refractivity contribution >= 4 is 29.3 Å². The molecule has 0 amide bonds. The van der Waals surface area contributed by atoms with E-state index in [-0.39, 0.29) is 6.04 Å². The number of rotatable bonds is 2. The molecule has 1 unspecified atom stereocenters. The Morgan fingerprint density at radius 2 is 2.40 bits per heavy atom. The zero-order chi connectivity index (χ0) is 10.7. The van der Waals surface area contributed by atoms with Gasteiger partial charge in [0, 0.05) is 10.9 Å². The lowest BCUT2D eigenvalue weighted by Crippen LogP contribution is -2.32. The van der Waals surface area contributed by atoms with Gasteiger partial charge >= 0.3 is 0 Å². The molecule has 78 valence electrons. The molecule has 0 spiro atoms. The maximum Gasteiger partial charge on any atom is 0.149 e. The number of anilines is 1. The number of ether oxygens (including phenoxy) is 1. The number of hydrogen-bond donors (Lipinski definition) is 1. The van der Waals surface area contributed by atoms with Crippen LogP contribution in [-0.2, 0) is 0 Å². The molecular formula is C12H13NOS. The largest absolute Gasteiger partial charge is 0.488 e. The molecule has 0 radical (unpaired) electrons. The minimum atomic E-state index is 0.133. The summed E-state index contributed by atoms with van der Waals surface area (Å²) >= 11 is 4.90. The topological polar surface area (TPSA) is 21.3 Å². The molecule has 3 heteroatoms. The fourth-order valence-electron chi connectivity index (χ4n) is 1.63. The molecular weight excluding hydrogens is 206 g/mol. The van der Waals surface area contributed by atoms with Gasteiger partial charge in [0.25, 0.3) is 0 Å². The molecule has 0 bridgehead atoms. The van der Waals surface area contributed by atoms with Crippen molar-refractivity contribution in [2.24, 2.45) is 0 Å². The molecule has 1 atom stereocenters. The van der Waals surface area contributed by atoms with E-state index in [0.29, 0.717) is 6.61 Å². The molecule has 1 N–H and O–H groups in total. The van der Waals surface area contributed by atoms with Crippen LogP contribution in [-0.4, -0.2) is 18.0 Å². The lowest BCUT2D eigenvalue weighted by molar-refractivity contribution is 0.309. The van der Waals surface area contributed by atoms with E-state index >= 15 is 0 Å². The van der Waals surface area contributed by atoms with Crippen LogP contribution < -0.4 is 10.1 Å². The van der Waals surface area contributed by atoms with Crippen molar-refractivity contribution in [3.05, 3.63) is 29.8 Å². The molecule has 1 aliphatic heterocycles. The summed E-state index contributed by atoms with van der Waals surface area (Å²) in [7, 11) is 0. The van der Waals surface area contributed by atoms with Crippen molar-refractivity contribution in [2.45, 2.75) is 13.0 Å². The summed E-state index contributed by atoms with van der Waals surface area (Å²) in [5, 5.41) is 5.03. The lowest BCUT2D eigenvalue weighted by Gasteiger charge is -2.26. The SMILES string of the molecule is CC=Cc1cccc2c1OCC(C=S)N2. The van der Waals surface area contributed by atoms with Crippen LogP contribution in [0.15, 0.2) is 24.3 Å². The summed E-state index contributed by atoms with van der Waals surface area (Å²) in [6, 6.07) is 6.19. The third-order valence-electron chi connectivity index (χ3n) is 2.30. The highest BCUT2D eigenvalue weighted by Gasteiger charge is 2.18. The zero-order valence-electron chi connectivity index (χ0n) is 8.57. The highest BCUT2D eigenvalue weighted by atomic mass is 32.1. The van der Waals surface area contributed by atoms with E-state index in [1.807, 2.05) is 37.3 Å². The molecule has 1 aromatic carbocycles. The Morgan fingerprint density at radius 1 is 1.53 bits per heavy atom. The maximum absolute atomic E-state index is 5.70. The monoisotopic (exact) mass is 219 g/mol. The van der Waals surface area contributed by atoms with Gasteiger partial charge in [0.15, 0.2) is 0 Å². The van der Waals surface area contributed by atoms with Crippen molar-refractivity contribution in [3.8, 4) is 5.75 Å². The van der Waals surface area contributed by atoms with Crippen molar-refractivity contribution < 1.29 is 4.74 Å². The summed E-state index contributed by atoms with van der Waals surface area (Å²) in [6.07, 6.45) is 4.04. The highest BCUT2D eigenvalue weighted by molar-refractivity contribution is 7.79. The Labute approximate surface area is 94.9 Å². The van der Waals surface area contributed by atoms with E-state index in [0.717, 1.165) is 17.0 Å². The standard InChI is InChI=1S/C12H13NOS/c1-2-4-9-5-3-6-11-12(9)14-7-10(8-15)13-11/h2-6,8,10,13H,7H2,1H3. The molecule has 0 fully saturated rings. The summed E-state index contributed by atoms with van der Waals surface area (Å²) < 4.78 is 5.70. The molecule has 2 nitrogen and oxygen atoms in total. The van der Waals surface area contributed by atoms with Crippen LogP contribution in [0.2, 0.25) is 0 Å². The zero-order valence-corrected chi connectivity index (χ0v) is 9.38. The van der Waals surface area contributed by atoms with Crippen molar-refractivity contribution in [2.75, 3.05) is 11.9 Å². The molecule has 0 aliphatic carbocycles. The quantitative estimate of drug-likeness (QED) is 0.773. The van der Waals surface area contributed by atoms with E-state index in [2.05, 4.69) is 5.32 Å². The maximum atomic E-state index is 5.70. The highest BCUT2D eigenvalue weighted by Crippen LogP contribution is 2.33. The van der Waals surface area contributed by atoms with Gasteiger partial charge in [-0.05, 0) is 13.0 Å². The van der Waals surface area contributed by atoms with Crippen LogP contribution in [0, 0.1) is 0 Å². The van der Waals surface area contributed by atoms with Gasteiger partial charge in [-0.1, -0.05) is 36.5 Å². The second-order valence-corrected chi connectivity index (χ2v) is 3.69. The Hall–Kier alpha value is -1.35. The first kappa shape index (κ1) is 10.2. The van der Waals surface area contributed by atoms with E-state index < -0.39 is 0 Å². The van der Waals surface area contributed by atoms with Crippen LogP contribution in [0.4, 0.5) is 5.69 Å². The van der Waals surface area contributed by atoms with Gasteiger partial charge in [0.05, 0.1) is 11.7 Å². The fourth-order valence-corrected chi connectivity index (χ4v) is 1.77. The number of thiocarbonyl (C=S) groups is 1. The van der Waals surface area contributed by atoms with Crippen LogP contribution in [0.1, 0.15) is 12.5 Å². The van der Waals surface area contributed by atoms with Gasteiger partial charge < -0.3 is 10.1 Å². The van der Waals surface area contributed by atoms with Gasteiger partial charge in [-0.2, -0.15) is 0 Å². The van der Waals surface area contributed by atoms with E-state index in [4.69, 9.17) is 17.0 Å². The lowest BCUT2D eigenvalue weighted by atomic mass is 10.1. The summed E-state index contributed by atoms with van der Waals surface area (Å²) in [6.45, 7) is 2.60. The molecule has 1 heterocycles. The van der Waals surface area contributed by atoms with Crippen molar-refractivity contribution in [1.29, 1.82) is 0 Å². The van der Waals surface area contributed by atoms with Gasteiger partial charge in [-0.25, -0.2) is 0 Å². The smallest absolute Gasteiger partial charge is 0.149 e. The van der Waals surface area contributed by atoms with Gasteiger partial charge in [-0.15, -0.1) is 0 Å². The number of fused-ring (bicyclic) bond motifs is 1. The van der Waals surface area contributed by atoms with E-state index in [9.17, 15) is 0 Å². The number of nitrogens with one attached hydrogen (secondary N) is 1. The van der Waals surface area contributed by atoms with Crippen LogP contribution >= 0.6 is 12.2 Å². The number of allylic oxidation sites excluding steroid dienone is 1. The Morgan fingerprint density at radius 3 is 3.13 bits per heavy atom. The molecule has 0 saturated heterocycles. The molecule has 1 aliphatic rings. The van der Waals surface area contributed by atoms with E-state index in [1.165, 1.54) is 0 Å². The number of hydrogen-bond acceptors (Lipinski definition) is 3. The third kappa shape index (κ3) is 2.02. The first-order valence-corrected chi connectivity index (χ1v) is 5.42. The Balaban J connectivity index is 2.37. The average Bonchev–Trinajstić information content (AvgIpc) is 2.29. The van der Waals surface area contributed by atoms with Gasteiger partial charge in [0.1, 0.15) is 12.4 Å². The molecule has 0 saturated carbocycles. The minimum Gasteiger partial charge on any atom is -0.488 e. The number of para-hydroxylation sites is 1. The van der Waals surface area contributed by atoms with Crippen LogP contribution in [0.25, 0.3) is 6.08 Å². The van der Waals surface area contributed by atoms with Gasteiger partial charge in [-0.3, -0.25) is 0 Å². The predicted octanol–water partition coefficient (Wildman–Crippen LogP) is 2.89.